The van der Waals surface area contributed by atoms with E-state index in [9.17, 15) is 9.59 Å². The molecule has 0 spiro atoms. The van der Waals surface area contributed by atoms with Crippen LogP contribution in [-0.2, 0) is 13.0 Å². The van der Waals surface area contributed by atoms with Crippen molar-refractivity contribution in [2.24, 2.45) is 5.92 Å². The zero-order chi connectivity index (χ0) is 24.2. The lowest BCUT2D eigenvalue weighted by Crippen LogP contribution is -2.46. The number of pyridine rings is 1. The highest BCUT2D eigenvalue weighted by Gasteiger charge is 2.46. The number of hydrogen-bond acceptors (Lipinski definition) is 5. The first-order chi connectivity index (χ1) is 16.1. The Balaban J connectivity index is 1.34. The predicted octanol–water partition coefficient (Wildman–Crippen LogP) is 3.80. The maximum absolute atomic E-state index is 13.4. The molecular formula is C27H35N3O4. The molecule has 1 fully saturated rings. The molecule has 1 aromatic carbocycles. The minimum absolute atomic E-state index is 0.0629. The Morgan fingerprint density at radius 3 is 2.38 bits per heavy atom. The van der Waals surface area contributed by atoms with E-state index in [-0.39, 0.29) is 11.5 Å². The summed E-state index contributed by atoms with van der Waals surface area (Å²) in [5.74, 6) is 0.945. The number of carbonyl (C=O) groups excluding carboxylic acids is 1. The van der Waals surface area contributed by atoms with Crippen molar-refractivity contribution >= 4 is 5.91 Å². The Kier molecular flexibility index (Phi) is 5.71. The van der Waals surface area contributed by atoms with Crippen molar-refractivity contribution in [3.63, 3.8) is 0 Å². The van der Waals surface area contributed by atoms with E-state index in [1.54, 1.807) is 4.90 Å². The topological polar surface area (TPSA) is 74.9 Å². The van der Waals surface area contributed by atoms with E-state index in [2.05, 4.69) is 24.0 Å². The third-order valence-corrected chi connectivity index (χ3v) is 7.97. The number of hydrogen-bond donors (Lipinski definition) is 1. The summed E-state index contributed by atoms with van der Waals surface area (Å²) in [6.45, 7) is 6.70. The lowest BCUT2D eigenvalue weighted by Gasteiger charge is -2.39. The van der Waals surface area contributed by atoms with Crippen molar-refractivity contribution < 1.29 is 14.3 Å². The van der Waals surface area contributed by atoms with Crippen LogP contribution in [0.1, 0.15) is 65.3 Å². The molecule has 0 saturated heterocycles. The molecule has 1 N–H and O–H groups in total. The van der Waals surface area contributed by atoms with Crippen molar-refractivity contribution in [3.8, 4) is 11.5 Å². The van der Waals surface area contributed by atoms with Crippen molar-refractivity contribution in [1.29, 1.82) is 0 Å². The lowest BCUT2D eigenvalue weighted by molar-refractivity contribution is -0.123. The quantitative estimate of drug-likeness (QED) is 0.744. The van der Waals surface area contributed by atoms with Crippen LogP contribution in [0, 0.1) is 19.8 Å². The van der Waals surface area contributed by atoms with Gasteiger partial charge >= 0.3 is 0 Å². The predicted molar refractivity (Wildman–Crippen MR) is 131 cm³/mol. The number of aromatic nitrogens is 1. The Morgan fingerprint density at radius 2 is 1.74 bits per heavy atom. The van der Waals surface area contributed by atoms with Gasteiger partial charge in [-0.15, -0.1) is 0 Å². The summed E-state index contributed by atoms with van der Waals surface area (Å²) in [6, 6.07) is 6.40. The number of carbonyl (C=O) groups is 1. The van der Waals surface area contributed by atoms with E-state index in [1.807, 2.05) is 39.0 Å². The molecule has 0 radical (unpaired) electrons. The standard InChI is InChI=1S/C27H35N3O4/c1-16-12-17(2)28-25(31)22(16)15-30-11-10-18-13-23-24(14-21(18)26(30)32)34-27(3,33-23)19-6-8-20(9-7-19)29(4)5/h12-14,19-20H,6-11,15H2,1-5H3,(H,28,31)/t19-,20-,27?. The van der Waals surface area contributed by atoms with Crippen LogP contribution in [0.5, 0.6) is 11.5 Å². The summed E-state index contributed by atoms with van der Waals surface area (Å²) in [7, 11) is 4.29. The van der Waals surface area contributed by atoms with Gasteiger partial charge in [0.2, 0.25) is 0 Å². The molecule has 5 rings (SSSR count). The van der Waals surface area contributed by atoms with E-state index in [0.29, 0.717) is 41.9 Å². The Labute approximate surface area is 201 Å². The Hall–Kier alpha value is -2.80. The summed E-state index contributed by atoms with van der Waals surface area (Å²) < 4.78 is 12.8. The number of aryl methyl sites for hydroxylation is 2. The second-order valence-corrected chi connectivity index (χ2v) is 10.6. The van der Waals surface area contributed by atoms with Gasteiger partial charge < -0.3 is 24.3 Å². The van der Waals surface area contributed by atoms with Gasteiger partial charge in [0.25, 0.3) is 17.3 Å². The summed E-state index contributed by atoms with van der Waals surface area (Å²) in [5, 5.41) is 0. The van der Waals surface area contributed by atoms with Crippen molar-refractivity contribution in [1.82, 2.24) is 14.8 Å². The second-order valence-electron chi connectivity index (χ2n) is 10.6. The van der Waals surface area contributed by atoms with Gasteiger partial charge in [-0.25, -0.2) is 0 Å². The van der Waals surface area contributed by atoms with Crippen LogP contribution in [0.3, 0.4) is 0 Å². The fourth-order valence-corrected chi connectivity index (χ4v) is 5.86. The van der Waals surface area contributed by atoms with Gasteiger partial charge in [0.1, 0.15) is 0 Å². The molecule has 2 aromatic rings. The number of nitrogens with zero attached hydrogens (tertiary/aromatic N) is 2. The molecule has 1 amide bonds. The summed E-state index contributed by atoms with van der Waals surface area (Å²) in [4.78, 5) is 32.8. The fraction of sp³-hybridized carbons (Fsp3) is 0.556. The number of nitrogens with one attached hydrogen (secondary N) is 1. The van der Waals surface area contributed by atoms with Crippen LogP contribution in [0.4, 0.5) is 0 Å². The molecule has 1 aromatic heterocycles. The Morgan fingerprint density at radius 1 is 1.06 bits per heavy atom. The average Bonchev–Trinajstić information content (AvgIpc) is 3.12. The molecule has 1 atom stereocenters. The van der Waals surface area contributed by atoms with E-state index in [0.717, 1.165) is 54.7 Å². The highest BCUT2D eigenvalue weighted by atomic mass is 16.7. The molecule has 1 saturated carbocycles. The van der Waals surface area contributed by atoms with Crippen molar-refractivity contribution in [2.45, 2.75) is 71.2 Å². The molecule has 2 aliphatic heterocycles. The molecule has 1 unspecified atom stereocenters. The normalized spacial score (nSPS) is 26.2. The lowest BCUT2D eigenvalue weighted by atomic mass is 9.81. The van der Waals surface area contributed by atoms with Gasteiger partial charge in [0, 0.05) is 42.2 Å². The van der Waals surface area contributed by atoms with Gasteiger partial charge in [0.05, 0.1) is 6.54 Å². The molecule has 3 aliphatic rings. The highest BCUT2D eigenvalue weighted by molar-refractivity contribution is 5.97. The molecule has 3 heterocycles. The van der Waals surface area contributed by atoms with Crippen LogP contribution in [0.15, 0.2) is 23.0 Å². The van der Waals surface area contributed by atoms with Crippen LogP contribution in [0.25, 0.3) is 0 Å². The number of amides is 1. The average molecular weight is 466 g/mol. The molecule has 182 valence electrons. The van der Waals surface area contributed by atoms with Gasteiger partial charge in [-0.1, -0.05) is 0 Å². The Bertz CT molecular complexity index is 1180. The molecule has 1 aliphatic carbocycles. The van der Waals surface area contributed by atoms with E-state index >= 15 is 0 Å². The number of benzene rings is 1. The smallest absolute Gasteiger partial charge is 0.254 e. The molecule has 34 heavy (non-hydrogen) atoms. The van der Waals surface area contributed by atoms with E-state index in [1.165, 1.54) is 0 Å². The molecule has 7 nitrogen and oxygen atoms in total. The number of rotatable bonds is 4. The SMILES string of the molecule is Cc1cc(C)c(CN2CCc3cc4c(cc3C2=O)OC(C)([C@H]2CC[C@H](N(C)C)CC2)O4)c(=O)[nH]1. The monoisotopic (exact) mass is 465 g/mol. The first kappa shape index (κ1) is 23.0. The zero-order valence-corrected chi connectivity index (χ0v) is 20.9. The minimum atomic E-state index is -0.696. The number of ether oxygens (including phenoxy) is 2. The highest BCUT2D eigenvalue weighted by Crippen LogP contribution is 2.48. The van der Waals surface area contributed by atoms with Crippen LogP contribution >= 0.6 is 0 Å². The van der Waals surface area contributed by atoms with Crippen molar-refractivity contribution in [3.05, 3.63) is 56.5 Å². The number of aromatic amines is 1. The second kappa shape index (κ2) is 8.45. The number of H-pyrrole nitrogens is 1. The molecular weight excluding hydrogens is 430 g/mol. The third-order valence-electron chi connectivity index (χ3n) is 7.97. The molecule has 0 bridgehead atoms. The maximum atomic E-state index is 13.4. The van der Waals surface area contributed by atoms with Crippen LogP contribution in [-0.4, -0.2) is 53.2 Å². The summed E-state index contributed by atoms with van der Waals surface area (Å²) >= 11 is 0. The maximum Gasteiger partial charge on any atom is 0.254 e. The number of fused-ring (bicyclic) bond motifs is 2. The van der Waals surface area contributed by atoms with Crippen LogP contribution < -0.4 is 15.0 Å². The zero-order valence-electron chi connectivity index (χ0n) is 20.9. The van der Waals surface area contributed by atoms with Crippen molar-refractivity contribution in [2.75, 3.05) is 20.6 Å². The summed E-state index contributed by atoms with van der Waals surface area (Å²) in [6.07, 6.45) is 5.12. The van der Waals surface area contributed by atoms with Gasteiger partial charge in [-0.05, 0) is 89.4 Å². The third kappa shape index (κ3) is 4.00. The van der Waals surface area contributed by atoms with Gasteiger partial charge in [-0.3, -0.25) is 9.59 Å². The fourth-order valence-electron chi connectivity index (χ4n) is 5.86. The van der Waals surface area contributed by atoms with Crippen LogP contribution in [0.2, 0.25) is 0 Å². The van der Waals surface area contributed by atoms with E-state index < -0.39 is 5.79 Å². The molecule has 7 heteroatoms. The van der Waals surface area contributed by atoms with Gasteiger partial charge in [-0.2, -0.15) is 0 Å². The summed E-state index contributed by atoms with van der Waals surface area (Å²) in [5.41, 5.74) is 3.89. The van der Waals surface area contributed by atoms with Gasteiger partial charge in [0.15, 0.2) is 11.5 Å². The first-order valence-corrected chi connectivity index (χ1v) is 12.3. The largest absolute Gasteiger partial charge is 0.448 e. The first-order valence-electron chi connectivity index (χ1n) is 12.3. The minimum Gasteiger partial charge on any atom is -0.448 e. The van der Waals surface area contributed by atoms with E-state index in [4.69, 9.17) is 9.47 Å².